The predicted octanol–water partition coefficient (Wildman–Crippen LogP) is 4.31. The number of carbonyl (C=O) groups excluding carboxylic acids is 1. The van der Waals surface area contributed by atoms with E-state index in [0.29, 0.717) is 6.42 Å². The smallest absolute Gasteiger partial charge is 0.407 e. The summed E-state index contributed by atoms with van der Waals surface area (Å²) in [5.74, 6) is -1.68. The normalized spacial score (nSPS) is 14.1. The average Bonchev–Trinajstić information content (AvgIpc) is 3.04. The number of rotatable bonds is 8. The molecule has 0 spiro atoms. The summed E-state index contributed by atoms with van der Waals surface area (Å²) >= 11 is 0. The highest BCUT2D eigenvalue weighted by atomic mass is 16.5. The van der Waals surface area contributed by atoms with Gasteiger partial charge in [0.1, 0.15) is 12.6 Å². The molecule has 0 fully saturated rings. The molecule has 2 atom stereocenters. The Morgan fingerprint density at radius 3 is 2.31 bits per heavy atom. The van der Waals surface area contributed by atoms with Crippen LogP contribution in [0.1, 0.15) is 30.4 Å². The molecule has 29 heavy (non-hydrogen) atoms. The zero-order valence-corrected chi connectivity index (χ0v) is 16.0. The molecule has 150 valence electrons. The molecule has 1 aliphatic carbocycles. The van der Waals surface area contributed by atoms with Gasteiger partial charge in [-0.3, -0.25) is 0 Å². The number of fused-ring (bicyclic) bond motifs is 3. The first-order chi connectivity index (χ1) is 14.0. The van der Waals surface area contributed by atoms with Gasteiger partial charge in [-0.1, -0.05) is 60.6 Å². The van der Waals surface area contributed by atoms with Gasteiger partial charge in [0.25, 0.3) is 0 Å². The second-order valence-corrected chi connectivity index (χ2v) is 7.01. The van der Waals surface area contributed by atoms with Gasteiger partial charge >= 0.3 is 12.1 Å². The number of carbonyl (C=O) groups is 2. The number of benzene rings is 2. The number of nitrogens with zero attached hydrogens (tertiary/aromatic N) is 3. The van der Waals surface area contributed by atoms with Gasteiger partial charge < -0.3 is 15.2 Å². The second-order valence-electron chi connectivity index (χ2n) is 7.01. The van der Waals surface area contributed by atoms with E-state index in [1.54, 1.807) is 6.92 Å². The van der Waals surface area contributed by atoms with Gasteiger partial charge in [-0.2, -0.15) is 0 Å². The Bertz CT molecular complexity index is 910. The fourth-order valence-corrected chi connectivity index (χ4v) is 3.69. The molecule has 0 aliphatic heterocycles. The lowest BCUT2D eigenvalue weighted by atomic mass is 9.98. The number of hydrogen-bond acceptors (Lipinski definition) is 4. The minimum absolute atomic E-state index is 0.0983. The number of azide groups is 1. The molecule has 8 heteroatoms. The van der Waals surface area contributed by atoms with Crippen molar-refractivity contribution in [3.8, 4) is 11.1 Å². The van der Waals surface area contributed by atoms with Crippen molar-refractivity contribution in [3.63, 3.8) is 0 Å². The largest absolute Gasteiger partial charge is 0.480 e. The zero-order valence-electron chi connectivity index (χ0n) is 16.0. The fraction of sp³-hybridized carbons (Fsp3) is 0.333. The summed E-state index contributed by atoms with van der Waals surface area (Å²) in [6.07, 6.45) is -0.445. The minimum Gasteiger partial charge on any atom is -0.480 e. The Kier molecular flexibility index (Phi) is 6.36. The molecule has 0 unspecified atom stereocenters. The van der Waals surface area contributed by atoms with Crippen LogP contribution in [0.2, 0.25) is 0 Å². The number of nitrogens with one attached hydrogen (secondary N) is 1. The second kappa shape index (κ2) is 9.12. The molecule has 2 aromatic rings. The van der Waals surface area contributed by atoms with Gasteiger partial charge in [0.15, 0.2) is 0 Å². The Morgan fingerprint density at radius 1 is 1.17 bits per heavy atom. The van der Waals surface area contributed by atoms with E-state index < -0.39 is 24.0 Å². The number of carboxylic acid groups (broad SMARTS) is 1. The molecule has 0 saturated heterocycles. The molecule has 2 aromatic carbocycles. The lowest BCUT2D eigenvalue weighted by molar-refractivity contribution is -0.140. The Balaban J connectivity index is 1.65. The number of alkyl carbamates (subject to hydrolysis) is 1. The molecular formula is C21H22N4O4. The van der Waals surface area contributed by atoms with Gasteiger partial charge in [-0.25, -0.2) is 9.59 Å². The van der Waals surface area contributed by atoms with Crippen molar-refractivity contribution in [2.45, 2.75) is 25.3 Å². The molecular weight excluding hydrogens is 372 g/mol. The molecule has 2 N–H and O–H groups in total. The minimum atomic E-state index is -1.16. The van der Waals surface area contributed by atoms with E-state index in [-0.39, 0.29) is 19.1 Å². The highest BCUT2D eigenvalue weighted by Crippen LogP contribution is 2.44. The van der Waals surface area contributed by atoms with Crippen LogP contribution in [0, 0.1) is 5.92 Å². The molecule has 0 bridgehead atoms. The van der Waals surface area contributed by atoms with Crippen LogP contribution in [0.5, 0.6) is 0 Å². The van der Waals surface area contributed by atoms with Crippen molar-refractivity contribution in [2.24, 2.45) is 11.0 Å². The van der Waals surface area contributed by atoms with Crippen LogP contribution in [0.4, 0.5) is 4.79 Å². The fourth-order valence-electron chi connectivity index (χ4n) is 3.69. The van der Waals surface area contributed by atoms with E-state index in [9.17, 15) is 14.7 Å². The molecule has 8 nitrogen and oxygen atoms in total. The summed E-state index contributed by atoms with van der Waals surface area (Å²) in [4.78, 5) is 26.5. The maximum Gasteiger partial charge on any atom is 0.407 e. The maximum atomic E-state index is 12.3. The summed E-state index contributed by atoms with van der Waals surface area (Å²) in [6, 6.07) is 14.8. The van der Waals surface area contributed by atoms with Gasteiger partial charge in [-0.05, 0) is 40.1 Å². The summed E-state index contributed by atoms with van der Waals surface area (Å²) in [7, 11) is 0. The van der Waals surface area contributed by atoms with E-state index in [2.05, 4.69) is 15.3 Å². The molecule has 0 aromatic heterocycles. The predicted molar refractivity (Wildman–Crippen MR) is 107 cm³/mol. The van der Waals surface area contributed by atoms with Crippen LogP contribution in [-0.4, -0.2) is 36.4 Å². The van der Waals surface area contributed by atoms with Crippen LogP contribution in [0.25, 0.3) is 21.6 Å². The van der Waals surface area contributed by atoms with Crippen LogP contribution in [0.3, 0.4) is 0 Å². The van der Waals surface area contributed by atoms with Gasteiger partial charge in [-0.15, -0.1) is 0 Å². The number of carboxylic acids is 1. The summed E-state index contributed by atoms with van der Waals surface area (Å²) in [6.45, 7) is 1.95. The third-order valence-corrected chi connectivity index (χ3v) is 5.20. The first kappa shape index (κ1) is 20.2. The Hall–Kier alpha value is -3.51. The van der Waals surface area contributed by atoms with Crippen molar-refractivity contribution in [2.75, 3.05) is 13.2 Å². The highest BCUT2D eigenvalue weighted by Gasteiger charge is 2.30. The van der Waals surface area contributed by atoms with Crippen LogP contribution >= 0.6 is 0 Å². The topological polar surface area (TPSA) is 124 Å². The van der Waals surface area contributed by atoms with Crippen LogP contribution in [-0.2, 0) is 9.53 Å². The summed E-state index contributed by atoms with van der Waals surface area (Å²) in [5.41, 5.74) is 12.7. The van der Waals surface area contributed by atoms with Crippen molar-refractivity contribution < 1.29 is 19.4 Å². The van der Waals surface area contributed by atoms with Crippen molar-refractivity contribution in [1.29, 1.82) is 0 Å². The maximum absolute atomic E-state index is 12.3. The van der Waals surface area contributed by atoms with Crippen LogP contribution < -0.4 is 5.32 Å². The van der Waals surface area contributed by atoms with Crippen LogP contribution in [0.15, 0.2) is 53.6 Å². The van der Waals surface area contributed by atoms with E-state index in [4.69, 9.17) is 10.3 Å². The van der Waals surface area contributed by atoms with Crippen molar-refractivity contribution >= 4 is 12.1 Å². The molecule has 0 saturated carbocycles. The molecule has 0 heterocycles. The van der Waals surface area contributed by atoms with Crippen molar-refractivity contribution in [3.05, 3.63) is 70.1 Å². The number of amides is 1. The molecule has 3 rings (SSSR count). The molecule has 1 aliphatic rings. The molecule has 1 amide bonds. The third kappa shape index (κ3) is 4.50. The van der Waals surface area contributed by atoms with E-state index in [1.807, 2.05) is 48.5 Å². The first-order valence-electron chi connectivity index (χ1n) is 9.38. The third-order valence-electron chi connectivity index (χ3n) is 5.20. The monoisotopic (exact) mass is 394 g/mol. The Morgan fingerprint density at radius 2 is 1.76 bits per heavy atom. The highest BCUT2D eigenvalue weighted by molar-refractivity contribution is 5.81. The summed E-state index contributed by atoms with van der Waals surface area (Å²) < 4.78 is 5.40. The van der Waals surface area contributed by atoms with Gasteiger partial charge in [0.2, 0.25) is 0 Å². The quantitative estimate of drug-likeness (QED) is 0.393. The SMILES string of the molecule is C[C@@H](CCN=[N+]=[N-])[C@@H](NC(=O)OCC1c2ccccc2-c2ccccc21)C(=O)O. The van der Waals surface area contributed by atoms with Gasteiger partial charge in [0.05, 0.1) is 0 Å². The van der Waals surface area contributed by atoms with E-state index in [1.165, 1.54) is 0 Å². The lowest BCUT2D eigenvalue weighted by Crippen LogP contribution is -2.45. The Labute approximate surface area is 168 Å². The summed E-state index contributed by atoms with van der Waals surface area (Å²) in [5, 5.41) is 15.2. The van der Waals surface area contributed by atoms with Crippen molar-refractivity contribution in [1.82, 2.24) is 5.32 Å². The standard InChI is InChI=1S/C21H22N4O4/c1-13(10-11-23-25-22)19(20(26)27)24-21(28)29-12-18-16-8-4-2-6-14(16)15-7-3-5-9-17(15)18/h2-9,13,18-19H,10-12H2,1H3,(H,24,28)(H,26,27)/t13-,19+/m0/s1. The zero-order chi connectivity index (χ0) is 20.8. The number of aliphatic carboxylic acids is 1. The molecule has 0 radical (unpaired) electrons. The number of hydrogen-bond donors (Lipinski definition) is 2. The average molecular weight is 394 g/mol. The van der Waals surface area contributed by atoms with Gasteiger partial charge in [0, 0.05) is 17.4 Å². The van der Waals surface area contributed by atoms with E-state index in [0.717, 1.165) is 22.3 Å². The number of ether oxygens (including phenoxy) is 1. The van der Waals surface area contributed by atoms with E-state index >= 15 is 0 Å². The lowest BCUT2D eigenvalue weighted by Gasteiger charge is -2.21. The first-order valence-corrected chi connectivity index (χ1v) is 9.38.